The van der Waals surface area contributed by atoms with Crippen molar-refractivity contribution in [3.8, 4) is 0 Å². The molecule has 0 aliphatic heterocycles. The fourth-order valence-electron chi connectivity index (χ4n) is 12.0. The summed E-state index contributed by atoms with van der Waals surface area (Å²) >= 11 is 0. The average Bonchev–Trinajstić information content (AvgIpc) is 1.01. The molecule has 5 atom stereocenters. The highest BCUT2D eigenvalue weighted by molar-refractivity contribution is 7.47. The quantitative estimate of drug-likeness (QED) is 0.0222. The molecule has 0 aromatic heterocycles. The van der Waals surface area contributed by atoms with Crippen LogP contribution in [0.15, 0.2) is 0 Å². The molecule has 0 amide bonds. The third-order valence-electron chi connectivity index (χ3n) is 18.2. The van der Waals surface area contributed by atoms with Gasteiger partial charge in [-0.1, -0.05) is 356 Å². The van der Waals surface area contributed by atoms with E-state index in [0.29, 0.717) is 31.6 Å². The molecule has 0 saturated heterocycles. The number of phosphoric acid groups is 2. The van der Waals surface area contributed by atoms with E-state index in [-0.39, 0.29) is 25.7 Å². The molecule has 0 radical (unpaired) electrons. The van der Waals surface area contributed by atoms with Gasteiger partial charge in [0.25, 0.3) is 0 Å². The largest absolute Gasteiger partial charge is 0.472 e. The Kier molecular flexibility index (Phi) is 68.4. The van der Waals surface area contributed by atoms with Crippen molar-refractivity contribution >= 4 is 39.5 Å². The Bertz CT molecular complexity index is 1870. The van der Waals surface area contributed by atoms with Crippen LogP contribution in [0.25, 0.3) is 0 Å². The number of carbonyl (C=O) groups is 4. The van der Waals surface area contributed by atoms with Crippen molar-refractivity contribution in [3.63, 3.8) is 0 Å². The summed E-state index contributed by atoms with van der Waals surface area (Å²) in [6.07, 6.45) is 58.8. The lowest BCUT2D eigenvalue weighted by Crippen LogP contribution is -2.30. The van der Waals surface area contributed by atoms with E-state index in [2.05, 4.69) is 41.5 Å². The monoisotopic (exact) mass is 1420 g/mol. The molecule has 0 aliphatic rings. The molecule has 17 nitrogen and oxygen atoms in total. The summed E-state index contributed by atoms with van der Waals surface area (Å²) in [5.41, 5.74) is 0. The van der Waals surface area contributed by atoms with Gasteiger partial charge < -0.3 is 33.8 Å². The molecule has 2 unspecified atom stereocenters. The predicted molar refractivity (Wildman–Crippen MR) is 395 cm³/mol. The van der Waals surface area contributed by atoms with Crippen molar-refractivity contribution in [1.82, 2.24) is 0 Å². The van der Waals surface area contributed by atoms with Crippen LogP contribution in [-0.4, -0.2) is 96.7 Å². The van der Waals surface area contributed by atoms with Gasteiger partial charge in [-0.2, -0.15) is 0 Å². The maximum Gasteiger partial charge on any atom is 0.472 e. The van der Waals surface area contributed by atoms with Gasteiger partial charge in [0.2, 0.25) is 0 Å². The number of phosphoric ester groups is 2. The number of hydrogen-bond donors (Lipinski definition) is 3. The van der Waals surface area contributed by atoms with Gasteiger partial charge in [-0.25, -0.2) is 9.13 Å². The van der Waals surface area contributed by atoms with Crippen molar-refractivity contribution in [2.45, 2.75) is 426 Å². The van der Waals surface area contributed by atoms with Crippen LogP contribution >= 0.6 is 15.6 Å². The van der Waals surface area contributed by atoms with E-state index < -0.39 is 97.5 Å². The summed E-state index contributed by atoms with van der Waals surface area (Å²) in [5.74, 6) is -0.613. The van der Waals surface area contributed by atoms with Gasteiger partial charge in [0.1, 0.15) is 19.3 Å². The first-order valence-corrected chi connectivity index (χ1v) is 43.5. The van der Waals surface area contributed by atoms with E-state index in [1.165, 1.54) is 212 Å². The lowest BCUT2D eigenvalue weighted by Gasteiger charge is -2.21. The zero-order valence-corrected chi connectivity index (χ0v) is 65.2. The third-order valence-corrected chi connectivity index (χ3v) is 20.1. The SMILES string of the molecule is CCCCCCCCCCCCCCCCCCCCCCCC(=O)O[C@H](COC(=O)CCCCCCCCCCCCCCCCCCC(C)C)COP(=O)(O)OC[C@@H](O)COP(=O)(O)OC[C@@H](COC(=O)CCCCCCCCC)OC(=O)CCCCCCCCCC(C)C. The second kappa shape index (κ2) is 69.8. The van der Waals surface area contributed by atoms with Gasteiger partial charge in [0.15, 0.2) is 12.2 Å². The van der Waals surface area contributed by atoms with Crippen LogP contribution in [0, 0.1) is 11.8 Å². The molecular weight excluding hydrogens is 1270 g/mol. The molecule has 0 saturated carbocycles. The van der Waals surface area contributed by atoms with Crippen molar-refractivity contribution in [3.05, 3.63) is 0 Å². The Hall–Kier alpha value is -1.94. The van der Waals surface area contributed by atoms with E-state index >= 15 is 0 Å². The second-order valence-corrected chi connectivity index (χ2v) is 32.0. The molecule has 0 spiro atoms. The summed E-state index contributed by atoms with van der Waals surface area (Å²) in [6.45, 7) is 9.53. The van der Waals surface area contributed by atoms with E-state index in [0.717, 1.165) is 109 Å². The third kappa shape index (κ3) is 72.2. The molecule has 576 valence electrons. The minimum absolute atomic E-state index is 0.103. The highest BCUT2D eigenvalue weighted by Gasteiger charge is 2.30. The highest BCUT2D eigenvalue weighted by Crippen LogP contribution is 2.45. The summed E-state index contributed by atoms with van der Waals surface area (Å²) < 4.78 is 68.4. The maximum absolute atomic E-state index is 13.1. The molecule has 0 rings (SSSR count). The number of carbonyl (C=O) groups excluding carboxylic acids is 4. The molecule has 0 heterocycles. The van der Waals surface area contributed by atoms with E-state index in [4.69, 9.17) is 37.0 Å². The Balaban J connectivity index is 5.14. The zero-order valence-electron chi connectivity index (χ0n) is 63.4. The summed E-state index contributed by atoms with van der Waals surface area (Å²) in [6, 6.07) is 0. The zero-order chi connectivity index (χ0) is 71.4. The number of unbranched alkanes of at least 4 members (excludes halogenated alkanes) is 47. The van der Waals surface area contributed by atoms with E-state index in [1.54, 1.807) is 0 Å². The van der Waals surface area contributed by atoms with Crippen LogP contribution in [0.5, 0.6) is 0 Å². The standard InChI is InChI=1S/C78H152O17P2/c1-7-9-11-13-15-16-17-18-19-20-21-22-23-24-29-32-35-38-44-50-56-62-77(82)94-74(67-89-76(81)61-55-49-43-37-34-31-28-26-25-27-30-33-36-41-46-52-58-70(3)4)69-93-97(86,87)91-65-72(79)64-90-96(84,85)92-68-73(66-88-75(80)60-54-48-40-14-12-10-8-2)95-78(83)63-57-51-45-39-42-47-53-59-71(5)6/h70-74,79H,7-69H2,1-6H3,(H,84,85)(H,86,87)/t72-,73+,74+/m0/s1. The smallest absolute Gasteiger partial charge is 0.462 e. The Labute approximate surface area is 594 Å². The lowest BCUT2D eigenvalue weighted by atomic mass is 10.0. The van der Waals surface area contributed by atoms with Crippen molar-refractivity contribution in [2.24, 2.45) is 11.8 Å². The number of aliphatic hydroxyl groups excluding tert-OH is 1. The molecule has 3 N–H and O–H groups in total. The number of ether oxygens (including phenoxy) is 4. The Morgan fingerprint density at radius 2 is 0.474 bits per heavy atom. The maximum atomic E-state index is 13.1. The first-order chi connectivity index (χ1) is 46.9. The topological polar surface area (TPSA) is 237 Å². The van der Waals surface area contributed by atoms with E-state index in [9.17, 15) is 43.2 Å². The summed E-state index contributed by atoms with van der Waals surface area (Å²) in [5, 5.41) is 10.6. The van der Waals surface area contributed by atoms with Crippen molar-refractivity contribution in [2.75, 3.05) is 39.6 Å². The van der Waals surface area contributed by atoms with Gasteiger partial charge in [-0.15, -0.1) is 0 Å². The average molecular weight is 1420 g/mol. The van der Waals surface area contributed by atoms with Crippen LogP contribution in [0.2, 0.25) is 0 Å². The van der Waals surface area contributed by atoms with Crippen molar-refractivity contribution in [1.29, 1.82) is 0 Å². The van der Waals surface area contributed by atoms with Crippen LogP contribution in [0.4, 0.5) is 0 Å². The molecule has 0 fully saturated rings. The van der Waals surface area contributed by atoms with Gasteiger partial charge in [-0.05, 0) is 37.5 Å². The fraction of sp³-hybridized carbons (Fsp3) is 0.949. The summed E-state index contributed by atoms with van der Waals surface area (Å²) in [7, 11) is -9.91. The van der Waals surface area contributed by atoms with Crippen LogP contribution in [0.1, 0.15) is 408 Å². The van der Waals surface area contributed by atoms with E-state index in [1.807, 2.05) is 0 Å². The lowest BCUT2D eigenvalue weighted by molar-refractivity contribution is -0.161. The normalized spacial score (nSPS) is 14.0. The van der Waals surface area contributed by atoms with Gasteiger partial charge in [0, 0.05) is 25.7 Å². The fourth-order valence-corrected chi connectivity index (χ4v) is 13.6. The predicted octanol–water partition coefficient (Wildman–Crippen LogP) is 23.1. The van der Waals surface area contributed by atoms with Gasteiger partial charge >= 0.3 is 39.5 Å². The molecule has 0 aromatic carbocycles. The molecule has 19 heteroatoms. The molecule has 0 aromatic rings. The Morgan fingerprint density at radius 3 is 0.701 bits per heavy atom. The minimum Gasteiger partial charge on any atom is -0.462 e. The van der Waals surface area contributed by atoms with Crippen LogP contribution in [0.3, 0.4) is 0 Å². The summed E-state index contributed by atoms with van der Waals surface area (Å²) in [4.78, 5) is 72.7. The second-order valence-electron chi connectivity index (χ2n) is 29.1. The number of rotatable bonds is 77. The van der Waals surface area contributed by atoms with Gasteiger partial charge in [0.05, 0.1) is 26.4 Å². The first kappa shape index (κ1) is 95.1. The van der Waals surface area contributed by atoms with Crippen LogP contribution in [-0.2, 0) is 65.4 Å². The van der Waals surface area contributed by atoms with Gasteiger partial charge in [-0.3, -0.25) is 37.3 Å². The molecule has 0 bridgehead atoms. The molecule has 0 aliphatic carbocycles. The molecule has 97 heavy (non-hydrogen) atoms. The molecular formula is C78H152O17P2. The highest BCUT2D eigenvalue weighted by atomic mass is 31.2. The van der Waals surface area contributed by atoms with Crippen molar-refractivity contribution < 1.29 is 80.2 Å². The Morgan fingerprint density at radius 1 is 0.278 bits per heavy atom. The number of esters is 4. The number of hydrogen-bond acceptors (Lipinski definition) is 15. The van der Waals surface area contributed by atoms with Crippen LogP contribution < -0.4 is 0 Å². The minimum atomic E-state index is -4.96. The first-order valence-electron chi connectivity index (χ1n) is 40.5. The number of aliphatic hydroxyl groups is 1.